The Morgan fingerprint density at radius 2 is 0.231 bits per heavy atom. The smallest absolute Gasteiger partial charge is 0.417 e. The average Bonchev–Trinajstić information content (AvgIpc) is 1.46. The van der Waals surface area contributed by atoms with E-state index < -0.39 is 443 Å². The van der Waals surface area contributed by atoms with E-state index in [1.807, 2.05) is 0 Å². The second kappa shape index (κ2) is 31.8. The first-order valence-corrected chi connectivity index (χ1v) is 52.6. The fourth-order valence-corrected chi connectivity index (χ4v) is 133. The minimum absolute atomic E-state index is 2.30. The van der Waals surface area contributed by atoms with Crippen molar-refractivity contribution < 1.29 is 213 Å². The highest BCUT2D eigenvalue weighted by Crippen LogP contribution is 2.66. The Labute approximate surface area is 653 Å². The topological polar surface area (TPSA) is 83.1 Å². The van der Waals surface area contributed by atoms with Crippen LogP contribution in [0.5, 0.6) is 0 Å². The summed E-state index contributed by atoms with van der Waals surface area (Å²) in [6.45, 7) is 0. The third-order valence-corrected chi connectivity index (χ3v) is 94.2. The summed E-state index contributed by atoms with van der Waals surface area (Å²) < 4.78 is 701. The zero-order valence-electron chi connectivity index (χ0n) is 58.1. The predicted octanol–water partition coefficient (Wildman–Crippen LogP) is 19.5. The molecule has 7 unspecified atom stereocenters. The maximum Gasteiger partial charge on any atom is 0.477 e. The summed E-state index contributed by atoms with van der Waals surface area (Å²) in [6, 6.07) is -18.8. The second-order valence-electron chi connectivity index (χ2n) is 27.2. The van der Waals surface area contributed by atoms with Gasteiger partial charge in [-0.05, 0) is 75.5 Å². The maximum absolute atomic E-state index is 16.9. The molecule has 6 saturated heterocycles. The first kappa shape index (κ1) is 91.0. The van der Waals surface area contributed by atoms with Crippen LogP contribution in [0.25, 0.3) is 0 Å². The molecule has 0 saturated carbocycles. The Balaban J connectivity index is 1.28. The van der Waals surface area contributed by atoms with Crippen molar-refractivity contribution in [1.29, 1.82) is 0 Å². The summed E-state index contributed by atoms with van der Waals surface area (Å²) in [5.74, 6) is -123. The van der Waals surface area contributed by atoms with Crippen LogP contribution in [-0.2, 0) is 88.4 Å². The second-order valence-corrected chi connectivity index (χ2v) is 67.6. The Hall–Kier alpha value is -7.66. The molecule has 0 spiro atoms. The molecule has 8 atom stereocenters. The molecular weight excluding hydrogens is 1900 g/mol. The van der Waals surface area contributed by atoms with Gasteiger partial charge in [0.2, 0.25) is 46.5 Å². The minimum Gasteiger partial charge on any atom is -0.417 e. The average molecular weight is 1930 g/mol. The summed E-state index contributed by atoms with van der Waals surface area (Å²) in [7, 11) is -60.4. The lowest BCUT2D eigenvalue weighted by Crippen LogP contribution is -2.82. The Morgan fingerprint density at radius 3 is 0.380 bits per heavy atom. The van der Waals surface area contributed by atoms with Gasteiger partial charge in [-0.15, -0.1) is 0 Å². The first-order valence-electron chi connectivity index (χ1n) is 33.6. The van der Waals surface area contributed by atoms with E-state index in [2.05, 4.69) is 0 Å². The van der Waals surface area contributed by atoms with Crippen LogP contribution in [-0.4, -0.2) is 66.1 Å². The van der Waals surface area contributed by atoms with Crippen molar-refractivity contribution in [2.75, 3.05) is 0 Å². The highest BCUT2D eigenvalue weighted by Gasteiger charge is 2.97. The Morgan fingerprint density at radius 1 is 0.116 bits per heavy atom. The number of halogens is 40. The lowest BCUT2D eigenvalue weighted by atomic mass is 10.1. The zero-order valence-corrected chi connectivity index (χ0v) is 66.1. The molecule has 8 bridgehead atoms. The van der Waals surface area contributed by atoms with Gasteiger partial charge in [-0.3, -0.25) is 0 Å². The van der Waals surface area contributed by atoms with Crippen LogP contribution in [0.2, 0.25) is 48.4 Å². The normalized spacial score (nSPS) is 24.2. The van der Waals surface area contributed by atoms with Crippen LogP contribution in [0.4, 0.5) is 176 Å². The summed E-state index contributed by atoms with van der Waals surface area (Å²) in [4.78, 5) is 0. The predicted molar refractivity (Wildman–Crippen MR) is 334 cm³/mol. The molecule has 6 heterocycles. The van der Waals surface area contributed by atoms with E-state index in [9.17, 15) is 0 Å². The van der Waals surface area contributed by atoms with Crippen molar-refractivity contribution in [2.45, 2.75) is 99.7 Å². The zero-order chi connectivity index (χ0) is 89.4. The monoisotopic (exact) mass is 1930 g/mol. The van der Waals surface area contributed by atoms with E-state index in [1.165, 1.54) is 0 Å². The molecule has 0 amide bonds. The van der Waals surface area contributed by atoms with Gasteiger partial charge >= 0.3 is 51.4 Å². The fraction of sp³-hybridized carbons (Fsp3) is 0.250. The van der Waals surface area contributed by atoms with Crippen molar-refractivity contribution in [3.63, 3.8) is 0 Å². The summed E-state index contributed by atoms with van der Waals surface area (Å²) >= 11 is 0. The van der Waals surface area contributed by atoms with E-state index in [1.54, 1.807) is 0 Å². The molecule has 6 aliphatic rings. The van der Waals surface area contributed by atoms with Crippen molar-refractivity contribution in [2.24, 2.45) is 0 Å². The van der Waals surface area contributed by atoms with Gasteiger partial charge in [-0.2, -0.15) is 0 Å². The number of hydrogen-bond donors (Lipinski definition) is 0. The molecule has 0 radical (unpaired) electrons. The molecule has 121 heavy (non-hydrogen) atoms. The van der Waals surface area contributed by atoms with Gasteiger partial charge in [0.25, 0.3) is 14.7 Å². The third-order valence-electron chi connectivity index (χ3n) is 20.7. The molecule has 0 aromatic heterocycles. The molecule has 8 aromatic carbocycles. The van der Waals surface area contributed by atoms with Crippen LogP contribution in [0, 0.1) is 233 Å². The summed E-state index contributed by atoms with van der Waals surface area (Å²) in [6.07, 6.45) is -18.8. The van der Waals surface area contributed by atoms with E-state index in [0.29, 0.717) is 0 Å². The molecule has 14 rings (SSSR count). The number of rotatable bonds is 24. The van der Waals surface area contributed by atoms with Crippen LogP contribution in [0.1, 0.15) is 44.5 Å². The minimum atomic E-state index is -7.64. The van der Waals surface area contributed by atoms with Crippen LogP contribution >= 0.6 is 0 Å². The molecule has 8 aromatic rings. The van der Waals surface area contributed by atoms with E-state index in [-0.39, 0.29) is 0 Å². The van der Waals surface area contributed by atoms with Crippen LogP contribution < -0.4 is 0 Å². The van der Waals surface area contributed by atoms with Gasteiger partial charge in [0.15, 0.2) is 186 Å². The van der Waals surface area contributed by atoms with Gasteiger partial charge in [0.1, 0.15) is 0 Å². The van der Waals surface area contributed by atoms with Crippen molar-refractivity contribution in [3.05, 3.63) is 277 Å². The molecule has 9 nitrogen and oxygen atoms in total. The van der Waals surface area contributed by atoms with Gasteiger partial charge in [-0.1, -0.05) is 0 Å². The highest BCUT2D eigenvalue weighted by molar-refractivity contribution is 7.84. The highest BCUT2D eigenvalue weighted by atomic mass is 29.9. The van der Waals surface area contributed by atoms with Gasteiger partial charge in [0, 0.05) is 68.7 Å². The maximum atomic E-state index is 16.9. The standard InChI is InChI=1S/C64H32F40O9Si8/c65-25-17(26(66)42(82)57(97)41(25)81)1-9-114-105-115(10-2-18-27(67)43(83)58(98)44(84)28(18)68)107-117(12-4-20-31(71)47(87)60(100)48(88)32(20)72)108-116(106-114,11-3-19-29(69)45(85)59(99)46(86)30(19)70)111-120(15-7-23-37(77)53(93)63(103)54(94)38(23)78)118(109-114,13-5-21-33(73)49(89)61(101)50(90)34(21)74)113-119(110-115,14-6-22-35(75)51(91)62(102)52(92)36(22)76)121(120,112-117)16-8-24-39(79)55(95)64(104)56(96)40(24)80/h1-16H2/t114?,115?,116?,117?,118?,119?,120-,121?/m1/s1. The van der Waals surface area contributed by atoms with E-state index in [4.69, 9.17) is 37.0 Å². The van der Waals surface area contributed by atoms with E-state index >= 15 is 176 Å². The number of benzene rings is 8. The van der Waals surface area contributed by atoms with Gasteiger partial charge in [-0.25, -0.2) is 176 Å². The lowest BCUT2D eigenvalue weighted by Gasteiger charge is -2.51. The molecule has 57 heteroatoms. The lowest BCUT2D eigenvalue weighted by molar-refractivity contribution is 0.0791. The molecular formula is C64H32F40O9Si8. The van der Waals surface area contributed by atoms with Crippen LogP contribution in [0.3, 0.4) is 0 Å². The Bertz CT molecular complexity index is 5210. The first-order chi connectivity index (χ1) is 56.3. The fourth-order valence-electron chi connectivity index (χ4n) is 15.2. The van der Waals surface area contributed by atoms with Gasteiger partial charge in [0.05, 0.1) is 0 Å². The molecule has 6 fully saturated rings. The molecule has 0 aliphatic carbocycles. The largest absolute Gasteiger partial charge is 0.477 e. The quantitative estimate of drug-likeness (QED) is 0.0254. The molecule has 0 N–H and O–H groups in total. The summed E-state index contributed by atoms with van der Waals surface area (Å²) in [5.41, 5.74) is -18.7. The number of hydrogen-bond acceptors (Lipinski definition) is 9. The van der Waals surface area contributed by atoms with Crippen molar-refractivity contribution >= 4 is 66.1 Å². The third kappa shape index (κ3) is 13.9. The van der Waals surface area contributed by atoms with Crippen LogP contribution in [0.15, 0.2) is 0 Å². The Kier molecular flexibility index (Phi) is 23.9. The molecule has 654 valence electrons. The molecule has 6 aliphatic heterocycles. The van der Waals surface area contributed by atoms with Crippen molar-refractivity contribution in [1.82, 2.24) is 0 Å². The van der Waals surface area contributed by atoms with Crippen molar-refractivity contribution in [3.8, 4) is 0 Å². The SMILES string of the molecule is Fc1c(F)c(F)c(CC[Si]23O[Si]4(CCc5c(F)c(F)c(F)c(F)c5F)O[Si]5(CCc6c(F)c(F)c(F)c(F)c6F)O[Si](CCc6c(F)c(F)c(F)c(F)c6F)(O2)O[Si]2(CCc6c(F)c(F)c(F)c(F)c6F)[Si](CCc6c(F)c(F)c(F)c(F)c6F)(O3)O[Si](CCc3c(F)c(F)c(F)c(F)c3F)(O4)[Si@@]2(CCc2c(F)c(F)c(F)c(F)c2F)O5)c(F)c1F. The van der Waals surface area contributed by atoms with E-state index in [0.717, 1.165) is 0 Å². The summed E-state index contributed by atoms with van der Waals surface area (Å²) in [5, 5.41) is 0. The van der Waals surface area contributed by atoms with Gasteiger partial charge < -0.3 is 37.0 Å².